The van der Waals surface area contributed by atoms with Gasteiger partial charge in [0.1, 0.15) is 12.4 Å². The topological polar surface area (TPSA) is 120 Å². The Kier molecular flexibility index (Phi) is 8.35. The van der Waals surface area contributed by atoms with Crippen LogP contribution in [0.2, 0.25) is 0 Å². The number of carbonyl (C=O) groups excluding carboxylic acids is 3. The van der Waals surface area contributed by atoms with E-state index >= 15 is 0 Å². The van der Waals surface area contributed by atoms with E-state index in [-0.39, 0.29) is 31.5 Å². The van der Waals surface area contributed by atoms with Crippen LogP contribution in [-0.4, -0.2) is 65.9 Å². The second-order valence-corrected chi connectivity index (χ2v) is 11.7. The largest absolute Gasteiger partial charge is 0.497 e. The Morgan fingerprint density at radius 3 is 2.64 bits per heavy atom. The molecule has 0 radical (unpaired) electrons. The van der Waals surface area contributed by atoms with E-state index in [2.05, 4.69) is 0 Å². The van der Waals surface area contributed by atoms with Crippen LogP contribution in [0.15, 0.2) is 78.9 Å². The quantitative estimate of drug-likeness (QED) is 0.352. The number of aliphatic hydroxyl groups excluding tert-OH is 1. The number of rotatable bonds is 9. The van der Waals surface area contributed by atoms with Crippen LogP contribution in [0.4, 0.5) is 16.2 Å². The van der Waals surface area contributed by atoms with Crippen LogP contribution in [0.5, 0.6) is 5.75 Å². The van der Waals surface area contributed by atoms with E-state index in [1.165, 1.54) is 7.11 Å². The molecule has 0 spiro atoms. The van der Waals surface area contributed by atoms with Gasteiger partial charge in [-0.3, -0.25) is 14.5 Å². The normalized spacial score (nSPS) is 21.6. The van der Waals surface area contributed by atoms with Crippen molar-refractivity contribution in [3.05, 3.63) is 101 Å². The zero-order chi connectivity index (χ0) is 31.7. The summed E-state index contributed by atoms with van der Waals surface area (Å²) >= 11 is 0. The molecule has 3 aliphatic heterocycles. The summed E-state index contributed by atoms with van der Waals surface area (Å²) in [5.41, 5.74) is 2.73. The lowest BCUT2D eigenvalue weighted by Gasteiger charge is -2.36. The predicted molar refractivity (Wildman–Crippen MR) is 168 cm³/mol. The van der Waals surface area contributed by atoms with Crippen molar-refractivity contribution in [2.45, 2.75) is 44.5 Å². The summed E-state index contributed by atoms with van der Waals surface area (Å²) < 4.78 is 10.5. The minimum absolute atomic E-state index is 0.0632. The van der Waals surface area contributed by atoms with Gasteiger partial charge in [-0.05, 0) is 53.4 Å². The van der Waals surface area contributed by atoms with Gasteiger partial charge in [0.25, 0.3) is 5.91 Å². The number of methoxy groups -OCH3 is 1. The zero-order valence-electron chi connectivity index (χ0n) is 25.4. The Morgan fingerprint density at radius 1 is 1.11 bits per heavy atom. The predicted octanol–water partition coefficient (Wildman–Crippen LogP) is 3.91. The summed E-state index contributed by atoms with van der Waals surface area (Å²) in [5, 5.41) is 22.1. The van der Waals surface area contributed by atoms with Gasteiger partial charge in [-0.15, -0.1) is 0 Å². The summed E-state index contributed by atoms with van der Waals surface area (Å²) in [5.74, 6) is -0.811. The van der Waals surface area contributed by atoms with Gasteiger partial charge in [0, 0.05) is 30.1 Å². The van der Waals surface area contributed by atoms with E-state index in [0.717, 1.165) is 16.7 Å². The number of hydrogen-bond acceptors (Lipinski definition) is 7. The SMILES string of the molecule is COc1ccc2c(c1)[C@](O)([C@@H](C)/C=C/CC(=O)N1Cc3ccccc3C[C@H]1CO)C(=O)N2Cc1cccc(N2CCOC2=O)c1. The van der Waals surface area contributed by atoms with Gasteiger partial charge in [-0.25, -0.2) is 4.79 Å². The fraction of sp³-hybridized carbons (Fsp3) is 0.343. The van der Waals surface area contributed by atoms with Gasteiger partial charge < -0.3 is 29.5 Å². The minimum atomic E-state index is -1.91. The van der Waals surface area contributed by atoms with Crippen LogP contribution in [0.25, 0.3) is 0 Å². The Balaban J connectivity index is 1.22. The third kappa shape index (κ3) is 5.55. The third-order valence-electron chi connectivity index (χ3n) is 9.06. The maximum atomic E-state index is 14.1. The highest BCUT2D eigenvalue weighted by atomic mass is 16.6. The zero-order valence-corrected chi connectivity index (χ0v) is 25.4. The standard InChI is InChI=1S/C35H37N3O7/c1-23(7-5-12-32(40)37-21-26-10-4-3-9-25(26)18-28(37)22-39)35(43)30-19-29(44-2)13-14-31(30)38(33(35)41)20-24-8-6-11-27(17-24)36-15-16-45-34(36)42/h3-11,13-14,17,19,23,28,39,43H,12,15-16,18,20-22H2,1-2H3/b7-5+/t23-,28-,35+/m0/s1. The fourth-order valence-corrected chi connectivity index (χ4v) is 6.52. The molecule has 3 heterocycles. The summed E-state index contributed by atoms with van der Waals surface area (Å²) in [7, 11) is 1.53. The number of benzene rings is 3. The number of amides is 3. The number of cyclic esters (lactones) is 1. The lowest BCUT2D eigenvalue weighted by molar-refractivity contribution is -0.139. The third-order valence-corrected chi connectivity index (χ3v) is 9.06. The van der Waals surface area contributed by atoms with Gasteiger partial charge in [0.15, 0.2) is 5.60 Å². The number of anilines is 2. The van der Waals surface area contributed by atoms with Crippen molar-refractivity contribution in [2.75, 3.05) is 36.7 Å². The van der Waals surface area contributed by atoms with E-state index < -0.39 is 23.5 Å². The molecule has 45 heavy (non-hydrogen) atoms. The van der Waals surface area contributed by atoms with E-state index in [1.807, 2.05) is 48.5 Å². The molecule has 0 aliphatic carbocycles. The number of fused-ring (bicyclic) bond motifs is 2. The second kappa shape index (κ2) is 12.4. The molecular formula is C35H37N3O7. The monoisotopic (exact) mass is 611 g/mol. The number of aliphatic hydroxyl groups is 2. The van der Waals surface area contributed by atoms with Crippen LogP contribution >= 0.6 is 0 Å². The van der Waals surface area contributed by atoms with Gasteiger partial charge in [-0.1, -0.05) is 55.5 Å². The lowest BCUT2D eigenvalue weighted by Crippen LogP contribution is -2.46. The van der Waals surface area contributed by atoms with E-state index in [0.29, 0.717) is 48.8 Å². The second-order valence-electron chi connectivity index (χ2n) is 11.7. The average Bonchev–Trinajstić information content (AvgIpc) is 3.59. The number of ether oxygens (including phenoxy) is 2. The molecule has 1 fully saturated rings. The molecule has 0 bridgehead atoms. The lowest BCUT2D eigenvalue weighted by atomic mass is 9.82. The molecule has 3 aliphatic rings. The molecule has 3 aromatic carbocycles. The molecule has 234 valence electrons. The molecule has 1 saturated heterocycles. The minimum Gasteiger partial charge on any atom is -0.497 e. The Labute approximate surface area is 262 Å². The fourth-order valence-electron chi connectivity index (χ4n) is 6.52. The van der Waals surface area contributed by atoms with Crippen LogP contribution < -0.4 is 14.5 Å². The maximum absolute atomic E-state index is 14.1. The highest BCUT2D eigenvalue weighted by Crippen LogP contribution is 2.47. The summed E-state index contributed by atoms with van der Waals surface area (Å²) in [6.07, 6.45) is 3.63. The van der Waals surface area contributed by atoms with Crippen molar-refractivity contribution < 1.29 is 34.1 Å². The van der Waals surface area contributed by atoms with Crippen LogP contribution in [-0.2, 0) is 39.4 Å². The van der Waals surface area contributed by atoms with Crippen molar-refractivity contribution in [2.24, 2.45) is 5.92 Å². The number of carbonyl (C=O) groups is 3. The highest BCUT2D eigenvalue weighted by molar-refractivity contribution is 6.07. The average molecular weight is 612 g/mol. The van der Waals surface area contributed by atoms with E-state index in [1.54, 1.807) is 52.0 Å². The summed E-state index contributed by atoms with van der Waals surface area (Å²) in [4.78, 5) is 44.3. The molecule has 3 aromatic rings. The first-order chi connectivity index (χ1) is 21.7. The van der Waals surface area contributed by atoms with Gasteiger partial charge in [-0.2, -0.15) is 0 Å². The summed E-state index contributed by atoms with van der Waals surface area (Å²) in [6, 6.07) is 20.1. The molecular weight excluding hydrogens is 574 g/mol. The van der Waals surface area contributed by atoms with Crippen molar-refractivity contribution in [3.63, 3.8) is 0 Å². The van der Waals surface area contributed by atoms with Crippen molar-refractivity contribution in [1.82, 2.24) is 4.90 Å². The van der Waals surface area contributed by atoms with Gasteiger partial charge in [0.05, 0.1) is 38.5 Å². The molecule has 10 heteroatoms. The first kappa shape index (κ1) is 30.4. The number of hydrogen-bond donors (Lipinski definition) is 2. The summed E-state index contributed by atoms with van der Waals surface area (Å²) in [6.45, 7) is 2.98. The molecule has 3 atom stereocenters. The van der Waals surface area contributed by atoms with Crippen LogP contribution in [0, 0.1) is 5.92 Å². The Morgan fingerprint density at radius 2 is 1.91 bits per heavy atom. The van der Waals surface area contributed by atoms with Gasteiger partial charge >= 0.3 is 6.09 Å². The smallest absolute Gasteiger partial charge is 0.414 e. The van der Waals surface area contributed by atoms with Crippen molar-refractivity contribution >= 4 is 29.3 Å². The van der Waals surface area contributed by atoms with Crippen molar-refractivity contribution in [3.8, 4) is 5.75 Å². The van der Waals surface area contributed by atoms with E-state index in [9.17, 15) is 24.6 Å². The van der Waals surface area contributed by atoms with Crippen molar-refractivity contribution in [1.29, 1.82) is 0 Å². The first-order valence-corrected chi connectivity index (χ1v) is 15.1. The molecule has 6 rings (SSSR count). The van der Waals surface area contributed by atoms with Gasteiger partial charge in [0.2, 0.25) is 5.91 Å². The molecule has 0 unspecified atom stereocenters. The Bertz CT molecular complexity index is 1660. The molecule has 0 saturated carbocycles. The Hall–Kier alpha value is -4.67. The maximum Gasteiger partial charge on any atom is 0.414 e. The molecule has 2 N–H and O–H groups in total. The molecule has 3 amide bonds. The van der Waals surface area contributed by atoms with E-state index in [4.69, 9.17) is 9.47 Å². The molecule has 0 aromatic heterocycles. The first-order valence-electron chi connectivity index (χ1n) is 15.1. The number of nitrogens with zero attached hydrogens (tertiary/aromatic N) is 3. The van der Waals surface area contributed by atoms with Crippen LogP contribution in [0.3, 0.4) is 0 Å². The van der Waals surface area contributed by atoms with Crippen LogP contribution in [0.1, 0.15) is 35.6 Å². The highest BCUT2D eigenvalue weighted by Gasteiger charge is 2.52. The molecule has 10 nitrogen and oxygen atoms in total.